The van der Waals surface area contributed by atoms with Crippen LogP contribution in [-0.4, -0.2) is 48.0 Å². The van der Waals surface area contributed by atoms with Crippen molar-refractivity contribution >= 4 is 28.9 Å². The van der Waals surface area contributed by atoms with Crippen molar-refractivity contribution in [1.29, 1.82) is 0 Å². The van der Waals surface area contributed by atoms with Crippen molar-refractivity contribution in [3.05, 3.63) is 86.6 Å². The number of rotatable bonds is 12. The standard InChI is InChI=1S/C26H31N5O5/c1-18(32)20-9-11-21(12-10-20)28-22(33)13-15-30(14-6-16-36-2)23-24(27)31(26(35)29-25(23)34)17-19-7-4-3-5-8-19/h3-5,7-12H,6,13-17,27H2,1-2H3,(H,28,33)(H,29,34,35). The molecule has 10 nitrogen and oxygen atoms in total. The van der Waals surface area contributed by atoms with E-state index in [1.807, 2.05) is 30.3 Å². The van der Waals surface area contributed by atoms with Crippen molar-refractivity contribution in [1.82, 2.24) is 9.55 Å². The molecule has 0 saturated carbocycles. The van der Waals surface area contributed by atoms with E-state index in [0.29, 0.717) is 30.8 Å². The Morgan fingerprint density at radius 2 is 1.75 bits per heavy atom. The highest BCUT2D eigenvalue weighted by Crippen LogP contribution is 2.19. The van der Waals surface area contributed by atoms with Gasteiger partial charge in [-0.2, -0.15) is 0 Å². The van der Waals surface area contributed by atoms with E-state index in [1.54, 1.807) is 36.3 Å². The third kappa shape index (κ3) is 6.92. The number of benzene rings is 2. The lowest BCUT2D eigenvalue weighted by Gasteiger charge is -2.26. The number of hydrogen-bond donors (Lipinski definition) is 3. The summed E-state index contributed by atoms with van der Waals surface area (Å²) in [5, 5.41) is 2.79. The molecule has 4 N–H and O–H groups in total. The van der Waals surface area contributed by atoms with Gasteiger partial charge >= 0.3 is 5.69 Å². The van der Waals surface area contributed by atoms with Gasteiger partial charge in [-0.3, -0.25) is 23.9 Å². The van der Waals surface area contributed by atoms with Gasteiger partial charge < -0.3 is 20.7 Å². The van der Waals surface area contributed by atoms with Crippen LogP contribution in [0.1, 0.15) is 35.7 Å². The molecular formula is C26H31N5O5. The number of carbonyl (C=O) groups is 2. The highest BCUT2D eigenvalue weighted by molar-refractivity contribution is 5.95. The van der Waals surface area contributed by atoms with E-state index in [4.69, 9.17) is 10.5 Å². The van der Waals surface area contributed by atoms with Gasteiger partial charge in [0.05, 0.1) is 6.54 Å². The zero-order valence-corrected chi connectivity index (χ0v) is 20.5. The van der Waals surface area contributed by atoms with E-state index < -0.39 is 11.2 Å². The first-order valence-corrected chi connectivity index (χ1v) is 11.6. The fraction of sp³-hybridized carbons (Fsp3) is 0.308. The zero-order valence-electron chi connectivity index (χ0n) is 20.5. The van der Waals surface area contributed by atoms with Gasteiger partial charge in [0, 0.05) is 44.5 Å². The van der Waals surface area contributed by atoms with Gasteiger partial charge in [0.15, 0.2) is 5.78 Å². The molecule has 0 spiro atoms. The molecule has 0 aliphatic carbocycles. The number of aromatic amines is 1. The summed E-state index contributed by atoms with van der Waals surface area (Å²) in [6.45, 7) is 2.70. The summed E-state index contributed by atoms with van der Waals surface area (Å²) >= 11 is 0. The molecule has 1 aromatic heterocycles. The average molecular weight is 494 g/mol. The van der Waals surface area contributed by atoms with Crippen LogP contribution >= 0.6 is 0 Å². The first kappa shape index (κ1) is 26.4. The number of H-pyrrole nitrogens is 1. The Morgan fingerprint density at radius 1 is 1.06 bits per heavy atom. The lowest BCUT2D eigenvalue weighted by Crippen LogP contribution is -2.40. The molecular weight excluding hydrogens is 462 g/mol. The van der Waals surface area contributed by atoms with Crippen LogP contribution in [0.4, 0.5) is 17.2 Å². The largest absolute Gasteiger partial charge is 0.385 e. The summed E-state index contributed by atoms with van der Waals surface area (Å²) in [7, 11) is 1.58. The van der Waals surface area contributed by atoms with Crippen molar-refractivity contribution in [2.75, 3.05) is 42.8 Å². The van der Waals surface area contributed by atoms with E-state index in [1.165, 1.54) is 11.5 Å². The zero-order chi connectivity index (χ0) is 26.1. The molecule has 0 atom stereocenters. The minimum Gasteiger partial charge on any atom is -0.385 e. The molecule has 0 aliphatic heterocycles. The molecule has 3 rings (SSSR count). The van der Waals surface area contributed by atoms with Crippen molar-refractivity contribution in [3.8, 4) is 0 Å². The number of Topliss-reactive ketones (excluding diaryl/α,β-unsaturated/α-hetero) is 1. The van der Waals surface area contributed by atoms with Crippen LogP contribution in [0.25, 0.3) is 0 Å². The Bertz CT molecular complexity index is 1300. The minimum absolute atomic E-state index is 0.0326. The normalized spacial score (nSPS) is 10.7. The van der Waals surface area contributed by atoms with Gasteiger partial charge in [0.25, 0.3) is 5.56 Å². The second kappa shape index (κ2) is 12.5. The van der Waals surface area contributed by atoms with Crippen LogP contribution in [0.3, 0.4) is 0 Å². The summed E-state index contributed by atoms with van der Waals surface area (Å²) in [5.74, 6) is -0.295. The fourth-order valence-electron chi connectivity index (χ4n) is 3.79. The summed E-state index contributed by atoms with van der Waals surface area (Å²) in [6, 6.07) is 15.9. The second-order valence-electron chi connectivity index (χ2n) is 8.33. The third-order valence-electron chi connectivity index (χ3n) is 5.67. The average Bonchev–Trinajstić information content (AvgIpc) is 2.85. The van der Waals surface area contributed by atoms with Gasteiger partial charge in [-0.25, -0.2) is 4.79 Å². The molecule has 10 heteroatoms. The molecule has 190 valence electrons. The second-order valence-corrected chi connectivity index (χ2v) is 8.33. The Morgan fingerprint density at radius 3 is 2.39 bits per heavy atom. The van der Waals surface area contributed by atoms with E-state index in [-0.39, 0.29) is 42.7 Å². The Kier molecular flexibility index (Phi) is 9.18. The van der Waals surface area contributed by atoms with Crippen molar-refractivity contribution < 1.29 is 14.3 Å². The number of methoxy groups -OCH3 is 1. The number of anilines is 3. The molecule has 0 saturated heterocycles. The van der Waals surface area contributed by atoms with Crippen LogP contribution in [0.2, 0.25) is 0 Å². The van der Waals surface area contributed by atoms with Crippen LogP contribution < -0.4 is 27.2 Å². The van der Waals surface area contributed by atoms with Crippen molar-refractivity contribution in [2.45, 2.75) is 26.3 Å². The predicted octanol–water partition coefficient (Wildman–Crippen LogP) is 2.24. The van der Waals surface area contributed by atoms with E-state index in [2.05, 4.69) is 10.3 Å². The summed E-state index contributed by atoms with van der Waals surface area (Å²) in [4.78, 5) is 53.5. The number of aromatic nitrogens is 2. The number of nitrogens with one attached hydrogen (secondary N) is 2. The highest BCUT2D eigenvalue weighted by atomic mass is 16.5. The van der Waals surface area contributed by atoms with E-state index in [0.717, 1.165) is 5.56 Å². The molecule has 0 radical (unpaired) electrons. The number of ether oxygens (including phenoxy) is 1. The Hall–Kier alpha value is -4.18. The number of nitrogens with two attached hydrogens (primary N) is 1. The SMILES string of the molecule is COCCCN(CCC(=O)Nc1ccc(C(C)=O)cc1)c1c(N)n(Cc2ccccc2)c(=O)[nH]c1=O. The van der Waals surface area contributed by atoms with Crippen LogP contribution in [0.5, 0.6) is 0 Å². The molecule has 0 fully saturated rings. The monoisotopic (exact) mass is 493 g/mol. The highest BCUT2D eigenvalue weighted by Gasteiger charge is 2.20. The lowest BCUT2D eigenvalue weighted by atomic mass is 10.1. The Balaban J connectivity index is 1.80. The number of carbonyl (C=O) groups excluding carboxylic acids is 2. The van der Waals surface area contributed by atoms with Gasteiger partial charge in [0.1, 0.15) is 11.5 Å². The van der Waals surface area contributed by atoms with Crippen molar-refractivity contribution in [2.24, 2.45) is 0 Å². The van der Waals surface area contributed by atoms with E-state index >= 15 is 0 Å². The smallest absolute Gasteiger partial charge is 0.330 e. The third-order valence-corrected chi connectivity index (χ3v) is 5.67. The van der Waals surface area contributed by atoms with Gasteiger partial charge in [0.2, 0.25) is 5.91 Å². The molecule has 36 heavy (non-hydrogen) atoms. The first-order chi connectivity index (χ1) is 17.3. The van der Waals surface area contributed by atoms with Crippen LogP contribution in [0.15, 0.2) is 64.2 Å². The molecule has 2 aromatic carbocycles. The predicted molar refractivity (Wildman–Crippen MR) is 140 cm³/mol. The Labute approximate surface area is 208 Å². The van der Waals surface area contributed by atoms with Crippen LogP contribution in [-0.2, 0) is 16.1 Å². The topological polar surface area (TPSA) is 140 Å². The summed E-state index contributed by atoms with van der Waals surface area (Å²) < 4.78 is 6.45. The van der Waals surface area contributed by atoms with Crippen molar-refractivity contribution in [3.63, 3.8) is 0 Å². The molecule has 0 aliphatic rings. The lowest BCUT2D eigenvalue weighted by molar-refractivity contribution is -0.116. The molecule has 1 amide bonds. The summed E-state index contributed by atoms with van der Waals surface area (Å²) in [6.07, 6.45) is 0.652. The molecule has 1 heterocycles. The van der Waals surface area contributed by atoms with Gasteiger partial charge in [-0.1, -0.05) is 30.3 Å². The number of amides is 1. The maximum Gasteiger partial charge on any atom is 0.330 e. The number of ketones is 1. The van der Waals surface area contributed by atoms with E-state index in [9.17, 15) is 19.2 Å². The molecule has 0 bridgehead atoms. The number of hydrogen-bond acceptors (Lipinski definition) is 7. The summed E-state index contributed by atoms with van der Waals surface area (Å²) in [5.41, 5.74) is 7.24. The molecule has 3 aromatic rings. The fourth-order valence-corrected chi connectivity index (χ4v) is 3.79. The minimum atomic E-state index is -0.612. The number of nitrogens with zero attached hydrogens (tertiary/aromatic N) is 2. The van der Waals surface area contributed by atoms with Crippen LogP contribution in [0, 0.1) is 0 Å². The van der Waals surface area contributed by atoms with Gasteiger partial charge in [-0.05, 0) is 43.2 Å². The quantitative estimate of drug-likeness (QED) is 0.260. The van der Waals surface area contributed by atoms with Gasteiger partial charge in [-0.15, -0.1) is 0 Å². The first-order valence-electron chi connectivity index (χ1n) is 11.6. The maximum atomic E-state index is 12.8. The maximum absolute atomic E-state index is 12.8. The molecule has 0 unspecified atom stereocenters. The number of nitrogen functional groups attached to an aromatic ring is 1.